The van der Waals surface area contributed by atoms with Gasteiger partial charge >= 0.3 is 0 Å². The van der Waals surface area contributed by atoms with Crippen LogP contribution in [-0.2, 0) is 30.4 Å². The molecule has 1 saturated heterocycles. The first-order valence-electron chi connectivity index (χ1n) is 8.99. The van der Waals surface area contributed by atoms with Crippen LogP contribution >= 0.6 is 0 Å². The van der Waals surface area contributed by atoms with Crippen molar-refractivity contribution >= 4 is 10.1 Å². The first-order valence-corrected chi connectivity index (χ1v) is 10.4. The first kappa shape index (κ1) is 20.9. The third-order valence-corrected chi connectivity index (χ3v) is 5.86. The monoisotopic (exact) mass is 408 g/mol. The summed E-state index contributed by atoms with van der Waals surface area (Å²) in [5, 5.41) is 19.5. The second kappa shape index (κ2) is 9.13. The molecule has 0 bridgehead atoms. The summed E-state index contributed by atoms with van der Waals surface area (Å²) in [6.07, 6.45) is -4.06. The van der Waals surface area contributed by atoms with E-state index in [2.05, 4.69) is 0 Å². The van der Waals surface area contributed by atoms with Crippen LogP contribution in [0.15, 0.2) is 59.5 Å². The maximum Gasteiger partial charge on any atom is 0.297 e. The van der Waals surface area contributed by atoms with E-state index in [1.54, 1.807) is 12.1 Å². The lowest BCUT2D eigenvalue weighted by Crippen LogP contribution is -2.52. The molecule has 2 N–H and O–H groups in total. The molecule has 0 amide bonds. The van der Waals surface area contributed by atoms with Gasteiger partial charge in [0.1, 0.15) is 12.2 Å². The summed E-state index contributed by atoms with van der Waals surface area (Å²) in [4.78, 5) is 0.00252. The number of ether oxygens (including phenoxy) is 2. The van der Waals surface area contributed by atoms with Crippen LogP contribution in [0.4, 0.5) is 0 Å². The minimum Gasteiger partial charge on any atom is -0.394 e. The third-order valence-electron chi connectivity index (χ3n) is 4.53. The summed E-state index contributed by atoms with van der Waals surface area (Å²) in [6, 6.07) is 15.6. The maximum atomic E-state index is 12.7. The summed E-state index contributed by atoms with van der Waals surface area (Å²) in [7, 11) is -4.11. The number of hydrogen-bond acceptors (Lipinski definition) is 7. The minimum absolute atomic E-state index is 0.00252. The van der Waals surface area contributed by atoms with E-state index in [-0.39, 0.29) is 17.9 Å². The van der Waals surface area contributed by atoms with E-state index >= 15 is 0 Å². The van der Waals surface area contributed by atoms with Gasteiger partial charge in [0.15, 0.2) is 6.29 Å². The quantitative estimate of drug-likeness (QED) is 0.673. The van der Waals surface area contributed by atoms with Crippen LogP contribution in [-0.4, -0.2) is 49.8 Å². The van der Waals surface area contributed by atoms with E-state index in [0.717, 1.165) is 11.1 Å². The molecule has 1 aliphatic rings. The van der Waals surface area contributed by atoms with Crippen molar-refractivity contribution < 1.29 is 32.3 Å². The van der Waals surface area contributed by atoms with Crippen molar-refractivity contribution in [3.63, 3.8) is 0 Å². The second-order valence-corrected chi connectivity index (χ2v) is 8.28. The SMILES string of the molecule is Cc1ccc(S(=O)(=O)O[C@H]2[C@@H](OCc3ccccc3)C[C@H](O)O[C@@H]2CO)cc1. The highest BCUT2D eigenvalue weighted by molar-refractivity contribution is 7.86. The number of aliphatic hydroxyl groups is 2. The largest absolute Gasteiger partial charge is 0.394 e. The van der Waals surface area contributed by atoms with Crippen LogP contribution in [0.1, 0.15) is 17.5 Å². The highest BCUT2D eigenvalue weighted by atomic mass is 32.2. The predicted octanol–water partition coefficient (Wildman–Crippen LogP) is 1.75. The van der Waals surface area contributed by atoms with Crippen molar-refractivity contribution in [2.45, 2.75) is 49.4 Å². The molecule has 1 fully saturated rings. The lowest BCUT2D eigenvalue weighted by atomic mass is 10.0. The van der Waals surface area contributed by atoms with Crippen LogP contribution in [0.25, 0.3) is 0 Å². The van der Waals surface area contributed by atoms with Crippen LogP contribution in [0.5, 0.6) is 0 Å². The zero-order chi connectivity index (χ0) is 20.1. The number of benzene rings is 2. The topological polar surface area (TPSA) is 102 Å². The standard InChI is InChI=1S/C20H24O7S/c1-14-7-9-16(10-8-14)28(23,24)27-20-17(11-19(22)26-18(20)12-21)25-13-15-5-3-2-4-6-15/h2-10,17-22H,11-13H2,1H3/t17-,18+,19+,20-/m0/s1. The molecule has 8 heteroatoms. The van der Waals surface area contributed by atoms with Gasteiger partial charge in [0, 0.05) is 6.42 Å². The molecule has 0 saturated carbocycles. The van der Waals surface area contributed by atoms with Gasteiger partial charge in [-0.2, -0.15) is 8.42 Å². The zero-order valence-electron chi connectivity index (χ0n) is 15.5. The average molecular weight is 408 g/mol. The Bertz CT molecular complexity index is 852. The summed E-state index contributed by atoms with van der Waals surface area (Å²) in [5.41, 5.74) is 1.81. The van der Waals surface area contributed by atoms with Crippen molar-refractivity contribution in [3.8, 4) is 0 Å². The van der Waals surface area contributed by atoms with Crippen molar-refractivity contribution in [2.24, 2.45) is 0 Å². The van der Waals surface area contributed by atoms with Gasteiger partial charge in [-0.1, -0.05) is 48.0 Å². The fraction of sp³-hybridized carbons (Fsp3) is 0.400. The smallest absolute Gasteiger partial charge is 0.297 e. The molecule has 28 heavy (non-hydrogen) atoms. The zero-order valence-corrected chi connectivity index (χ0v) is 16.3. The van der Waals surface area contributed by atoms with Crippen molar-refractivity contribution in [1.82, 2.24) is 0 Å². The number of aryl methyl sites for hydroxylation is 1. The summed E-state index contributed by atoms with van der Waals surface area (Å²) in [5.74, 6) is 0. The Hall–Kier alpha value is -1.81. The molecule has 152 valence electrons. The lowest BCUT2D eigenvalue weighted by Gasteiger charge is -2.38. The summed E-state index contributed by atoms with van der Waals surface area (Å²) in [6.45, 7) is 1.54. The van der Waals surface area contributed by atoms with Crippen molar-refractivity contribution in [3.05, 3.63) is 65.7 Å². The molecule has 0 unspecified atom stereocenters. The van der Waals surface area contributed by atoms with Gasteiger partial charge in [0.25, 0.3) is 10.1 Å². The van der Waals surface area contributed by atoms with E-state index in [4.69, 9.17) is 13.7 Å². The van der Waals surface area contributed by atoms with Crippen LogP contribution in [0, 0.1) is 6.92 Å². The van der Waals surface area contributed by atoms with Crippen LogP contribution in [0.2, 0.25) is 0 Å². The molecule has 3 rings (SSSR count). The van der Waals surface area contributed by atoms with Gasteiger partial charge in [-0.15, -0.1) is 0 Å². The van der Waals surface area contributed by atoms with Gasteiger partial charge in [0.2, 0.25) is 0 Å². The Morgan fingerprint density at radius 1 is 1.11 bits per heavy atom. The molecule has 1 heterocycles. The summed E-state index contributed by atoms with van der Waals surface area (Å²) >= 11 is 0. The Morgan fingerprint density at radius 2 is 1.79 bits per heavy atom. The van der Waals surface area contributed by atoms with E-state index < -0.39 is 41.3 Å². The highest BCUT2D eigenvalue weighted by Gasteiger charge is 2.42. The molecule has 4 atom stereocenters. The number of aliphatic hydroxyl groups excluding tert-OH is 2. The molecule has 1 aliphatic heterocycles. The highest BCUT2D eigenvalue weighted by Crippen LogP contribution is 2.28. The Labute approximate surface area is 164 Å². The van der Waals surface area contributed by atoms with Gasteiger partial charge in [-0.3, -0.25) is 4.18 Å². The molecule has 0 spiro atoms. The van der Waals surface area contributed by atoms with Crippen LogP contribution < -0.4 is 0 Å². The fourth-order valence-electron chi connectivity index (χ4n) is 3.03. The average Bonchev–Trinajstić information content (AvgIpc) is 2.68. The van der Waals surface area contributed by atoms with E-state index in [9.17, 15) is 18.6 Å². The van der Waals surface area contributed by atoms with Crippen molar-refractivity contribution in [1.29, 1.82) is 0 Å². The molecule has 0 aromatic heterocycles. The molecule has 2 aromatic carbocycles. The predicted molar refractivity (Wildman–Crippen MR) is 101 cm³/mol. The van der Waals surface area contributed by atoms with Gasteiger partial charge in [-0.25, -0.2) is 0 Å². The molecule has 0 aliphatic carbocycles. The molecular formula is C20H24O7S. The van der Waals surface area contributed by atoms with Crippen molar-refractivity contribution in [2.75, 3.05) is 6.61 Å². The van der Waals surface area contributed by atoms with Crippen LogP contribution in [0.3, 0.4) is 0 Å². The fourth-order valence-corrected chi connectivity index (χ4v) is 4.15. The molecule has 7 nitrogen and oxygen atoms in total. The third kappa shape index (κ3) is 5.16. The van der Waals surface area contributed by atoms with Gasteiger partial charge < -0.3 is 19.7 Å². The lowest BCUT2D eigenvalue weighted by molar-refractivity contribution is -0.243. The Morgan fingerprint density at radius 3 is 2.43 bits per heavy atom. The Kier molecular flexibility index (Phi) is 6.82. The summed E-state index contributed by atoms with van der Waals surface area (Å²) < 4.78 is 41.9. The number of hydrogen-bond donors (Lipinski definition) is 2. The molecular weight excluding hydrogens is 384 g/mol. The second-order valence-electron chi connectivity index (χ2n) is 6.71. The van der Waals surface area contributed by atoms with E-state index in [1.165, 1.54) is 12.1 Å². The number of rotatable bonds is 7. The normalized spacial score (nSPS) is 25.5. The van der Waals surface area contributed by atoms with Gasteiger partial charge in [-0.05, 0) is 24.6 Å². The first-order chi connectivity index (χ1) is 13.4. The Balaban J connectivity index is 1.79. The maximum absolute atomic E-state index is 12.7. The van der Waals surface area contributed by atoms with E-state index in [0.29, 0.717) is 0 Å². The molecule has 0 radical (unpaired) electrons. The molecule has 2 aromatic rings. The minimum atomic E-state index is -4.11. The van der Waals surface area contributed by atoms with E-state index in [1.807, 2.05) is 37.3 Å². The van der Waals surface area contributed by atoms with Gasteiger partial charge in [0.05, 0.1) is 24.2 Å².